The minimum atomic E-state index is -1.07. The van der Waals surface area contributed by atoms with Gasteiger partial charge in [0.1, 0.15) is 6.10 Å². The van der Waals surface area contributed by atoms with E-state index in [4.69, 9.17) is 16.2 Å². The number of carbonyl (C=O) groups is 2. The van der Waals surface area contributed by atoms with Crippen molar-refractivity contribution in [1.29, 1.82) is 0 Å². The Morgan fingerprint density at radius 1 is 1.03 bits per heavy atom. The molecule has 0 bridgehead atoms. The van der Waals surface area contributed by atoms with Crippen LogP contribution in [0.15, 0.2) is 34.9 Å². The molecule has 0 aliphatic heterocycles. The van der Waals surface area contributed by atoms with Gasteiger partial charge in [0.25, 0.3) is 0 Å². The van der Waals surface area contributed by atoms with Crippen LogP contribution >= 0.6 is 0 Å². The van der Waals surface area contributed by atoms with Crippen LogP contribution in [0.1, 0.15) is 66.7 Å². The molecular formula is C29H44N2O6. The standard InChI is InChI=1S/C29H44N2O6/c1-14(2)7-6-8-16(27(35)36)23-19-11-21(33)24-17(28(19,4)13-22(23)37-15(3)32)9-10-18-25(31)26(34)20(30)12-29(18,24)5/h6-8,17-22,24-26,33-34H,9-13,30-31H2,1-5H3,(H,35,36)/b8-6+,23-16-/t17?,18-,19-,20+,21+,22-,24-,25-,26+,28+,29-/m0/s1. The van der Waals surface area contributed by atoms with Crippen molar-refractivity contribution in [3.8, 4) is 0 Å². The van der Waals surface area contributed by atoms with Gasteiger partial charge in [-0.1, -0.05) is 31.6 Å². The van der Waals surface area contributed by atoms with Crippen molar-refractivity contribution in [3.63, 3.8) is 0 Å². The first-order chi connectivity index (χ1) is 17.2. The van der Waals surface area contributed by atoms with Gasteiger partial charge in [0.15, 0.2) is 0 Å². The first-order valence-electron chi connectivity index (χ1n) is 13.6. The molecule has 0 heterocycles. The van der Waals surface area contributed by atoms with Gasteiger partial charge in [0, 0.05) is 19.0 Å². The molecule has 8 heteroatoms. The van der Waals surface area contributed by atoms with Gasteiger partial charge in [-0.25, -0.2) is 4.79 Å². The molecule has 4 rings (SSSR count). The van der Waals surface area contributed by atoms with Crippen molar-refractivity contribution in [2.24, 2.45) is 46.0 Å². The summed E-state index contributed by atoms with van der Waals surface area (Å²) < 4.78 is 5.77. The van der Waals surface area contributed by atoms with Gasteiger partial charge < -0.3 is 31.5 Å². The van der Waals surface area contributed by atoms with Gasteiger partial charge in [0.2, 0.25) is 0 Å². The summed E-state index contributed by atoms with van der Waals surface area (Å²) in [6.45, 7) is 9.55. The Morgan fingerprint density at radius 3 is 2.27 bits per heavy atom. The highest BCUT2D eigenvalue weighted by Crippen LogP contribution is 2.68. The number of aliphatic hydroxyl groups is 2. The molecule has 11 atom stereocenters. The minimum absolute atomic E-state index is 0.0422. The van der Waals surface area contributed by atoms with Gasteiger partial charge in [-0.15, -0.1) is 0 Å². The van der Waals surface area contributed by atoms with E-state index >= 15 is 0 Å². The third-order valence-electron chi connectivity index (χ3n) is 10.2. The maximum atomic E-state index is 12.5. The second-order valence-electron chi connectivity index (χ2n) is 12.7. The van der Waals surface area contributed by atoms with Gasteiger partial charge >= 0.3 is 11.9 Å². The normalized spacial score (nSPS) is 46.5. The fraction of sp³-hybridized carbons (Fsp3) is 0.724. The summed E-state index contributed by atoms with van der Waals surface area (Å²) in [5.41, 5.74) is 13.9. The number of carboxylic acids is 1. The van der Waals surface area contributed by atoms with E-state index in [0.29, 0.717) is 24.8 Å². The number of hydrogen-bond donors (Lipinski definition) is 5. The highest BCUT2D eigenvalue weighted by molar-refractivity contribution is 5.91. The Bertz CT molecular complexity index is 1030. The number of allylic oxidation sites excluding steroid dienone is 3. The smallest absolute Gasteiger partial charge is 0.335 e. The molecule has 0 radical (unpaired) electrons. The number of esters is 1. The number of ether oxygens (including phenoxy) is 1. The van der Waals surface area contributed by atoms with Crippen molar-refractivity contribution in [1.82, 2.24) is 0 Å². The van der Waals surface area contributed by atoms with Crippen molar-refractivity contribution in [3.05, 3.63) is 34.9 Å². The molecule has 0 aromatic rings. The maximum Gasteiger partial charge on any atom is 0.335 e. The lowest BCUT2D eigenvalue weighted by Crippen LogP contribution is -2.68. The van der Waals surface area contributed by atoms with Gasteiger partial charge in [-0.3, -0.25) is 4.79 Å². The van der Waals surface area contributed by atoms with Crippen LogP contribution in [-0.4, -0.2) is 57.7 Å². The molecular weight excluding hydrogens is 472 g/mol. The Balaban J connectivity index is 1.81. The highest BCUT2D eigenvalue weighted by Gasteiger charge is 2.66. The van der Waals surface area contributed by atoms with Crippen molar-refractivity contribution in [2.45, 2.75) is 97.1 Å². The summed E-state index contributed by atoms with van der Waals surface area (Å²) in [4.78, 5) is 24.6. The molecule has 37 heavy (non-hydrogen) atoms. The molecule has 4 aliphatic carbocycles. The first kappa shape index (κ1) is 28.0. The highest BCUT2D eigenvalue weighted by atomic mass is 16.5. The number of rotatable bonds is 4. The number of aliphatic carboxylic acids is 1. The summed E-state index contributed by atoms with van der Waals surface area (Å²) in [6.07, 6.45) is 6.12. The van der Waals surface area contributed by atoms with Crippen LogP contribution in [-0.2, 0) is 14.3 Å². The molecule has 7 N–H and O–H groups in total. The number of nitrogens with two attached hydrogens (primary N) is 2. The average molecular weight is 517 g/mol. The summed E-state index contributed by atoms with van der Waals surface area (Å²) in [5.74, 6) is -1.74. The summed E-state index contributed by atoms with van der Waals surface area (Å²) in [5, 5.41) is 32.5. The minimum Gasteiger partial charge on any atom is -0.478 e. The van der Waals surface area contributed by atoms with Gasteiger partial charge in [-0.05, 0) is 92.1 Å². The Morgan fingerprint density at radius 2 is 1.68 bits per heavy atom. The molecule has 0 spiro atoms. The van der Waals surface area contributed by atoms with E-state index in [9.17, 15) is 24.9 Å². The van der Waals surface area contributed by atoms with Crippen LogP contribution < -0.4 is 11.5 Å². The molecule has 8 nitrogen and oxygen atoms in total. The first-order valence-corrected chi connectivity index (χ1v) is 13.6. The predicted molar refractivity (Wildman–Crippen MR) is 140 cm³/mol. The van der Waals surface area contributed by atoms with E-state index in [2.05, 4.69) is 13.8 Å². The SMILES string of the molecule is CC(=O)O[C@H]1C[C@]2(C)C3CC[C@H]4[C@H](N)[C@H](O)[C@H](N)C[C@]4(C)[C@@H]3[C@H](O)C[C@H]2/C1=C(\C=C\C=C(C)C)C(=O)O. The zero-order valence-electron chi connectivity index (χ0n) is 22.7. The summed E-state index contributed by atoms with van der Waals surface area (Å²) in [7, 11) is 0. The number of carboxylic acid groups (broad SMARTS) is 1. The lowest BCUT2D eigenvalue weighted by Gasteiger charge is -2.64. The molecule has 0 aromatic heterocycles. The van der Waals surface area contributed by atoms with Crippen LogP contribution in [0.3, 0.4) is 0 Å². The van der Waals surface area contributed by atoms with Gasteiger partial charge in [0.05, 0.1) is 17.8 Å². The van der Waals surface area contributed by atoms with E-state index in [-0.39, 0.29) is 40.1 Å². The fourth-order valence-electron chi connectivity index (χ4n) is 8.81. The Labute approximate surface area is 219 Å². The van der Waals surface area contributed by atoms with Crippen molar-refractivity contribution >= 4 is 11.9 Å². The largest absolute Gasteiger partial charge is 0.478 e. The third-order valence-corrected chi connectivity index (χ3v) is 10.2. The van der Waals surface area contributed by atoms with Gasteiger partial charge in [-0.2, -0.15) is 0 Å². The van der Waals surface area contributed by atoms with E-state index in [1.807, 2.05) is 19.9 Å². The lowest BCUT2D eigenvalue weighted by molar-refractivity contribution is -0.185. The van der Waals surface area contributed by atoms with Crippen LogP contribution in [0, 0.1) is 34.5 Å². The van der Waals surface area contributed by atoms with Crippen LogP contribution in [0.5, 0.6) is 0 Å². The van der Waals surface area contributed by atoms with Crippen molar-refractivity contribution in [2.75, 3.05) is 0 Å². The van der Waals surface area contributed by atoms with Crippen LogP contribution in [0.2, 0.25) is 0 Å². The molecule has 4 aliphatic rings. The number of fused-ring (bicyclic) bond motifs is 5. The number of hydrogen-bond acceptors (Lipinski definition) is 7. The number of carbonyl (C=O) groups excluding carboxylic acids is 1. The Hall–Kier alpha value is -2.00. The monoisotopic (exact) mass is 516 g/mol. The van der Waals surface area contributed by atoms with E-state index < -0.39 is 42.3 Å². The zero-order chi connectivity index (χ0) is 27.4. The molecule has 0 amide bonds. The van der Waals surface area contributed by atoms with E-state index in [1.165, 1.54) is 6.92 Å². The van der Waals surface area contributed by atoms with Crippen molar-refractivity contribution < 1.29 is 29.6 Å². The molecule has 4 saturated carbocycles. The summed E-state index contributed by atoms with van der Waals surface area (Å²) in [6, 6.07) is -0.904. The van der Waals surface area contributed by atoms with E-state index in [0.717, 1.165) is 18.4 Å². The second kappa shape index (κ2) is 9.95. The molecule has 206 valence electrons. The third kappa shape index (κ3) is 4.60. The van der Waals surface area contributed by atoms with E-state index in [1.54, 1.807) is 12.2 Å². The number of aliphatic hydroxyl groups excluding tert-OH is 2. The molecule has 1 unspecified atom stereocenters. The zero-order valence-corrected chi connectivity index (χ0v) is 22.7. The Kier molecular flexibility index (Phi) is 7.54. The fourth-order valence-corrected chi connectivity index (χ4v) is 8.81. The summed E-state index contributed by atoms with van der Waals surface area (Å²) >= 11 is 0. The molecule has 0 saturated heterocycles. The molecule has 0 aromatic carbocycles. The topological polar surface area (TPSA) is 156 Å². The quantitative estimate of drug-likeness (QED) is 0.217. The molecule has 4 fully saturated rings. The average Bonchev–Trinajstić information content (AvgIpc) is 3.05. The van der Waals surface area contributed by atoms with Crippen LogP contribution in [0.25, 0.3) is 0 Å². The second-order valence-corrected chi connectivity index (χ2v) is 12.7. The van der Waals surface area contributed by atoms with Crippen LogP contribution in [0.4, 0.5) is 0 Å². The predicted octanol–water partition coefficient (Wildman–Crippen LogP) is 2.68. The maximum absolute atomic E-state index is 12.5. The lowest BCUT2D eigenvalue weighted by atomic mass is 9.42.